The highest BCUT2D eigenvalue weighted by Crippen LogP contribution is 2.24. The molecule has 0 aliphatic rings. The van der Waals surface area contributed by atoms with E-state index in [1.54, 1.807) is 30.3 Å². The Morgan fingerprint density at radius 2 is 1.64 bits per heavy atom. The van der Waals surface area contributed by atoms with E-state index in [4.69, 9.17) is 4.74 Å². The van der Waals surface area contributed by atoms with Crippen molar-refractivity contribution in [2.24, 2.45) is 0 Å². The van der Waals surface area contributed by atoms with Gasteiger partial charge in [-0.25, -0.2) is 4.79 Å². The summed E-state index contributed by atoms with van der Waals surface area (Å²) < 4.78 is 9.85. The molecule has 25 heavy (non-hydrogen) atoms. The van der Waals surface area contributed by atoms with Crippen LogP contribution >= 0.6 is 0 Å². The number of anilines is 2. The summed E-state index contributed by atoms with van der Waals surface area (Å²) in [6.45, 7) is 1.38. The predicted molar refractivity (Wildman–Crippen MR) is 93.0 cm³/mol. The van der Waals surface area contributed by atoms with E-state index in [-0.39, 0.29) is 11.5 Å². The Kier molecular flexibility index (Phi) is 5.73. The number of nitrogens with one attached hydrogen (secondary N) is 2. The van der Waals surface area contributed by atoms with Crippen LogP contribution in [0.3, 0.4) is 0 Å². The molecule has 0 bridgehead atoms. The third kappa shape index (κ3) is 4.57. The number of carbonyl (C=O) groups excluding carboxylic acids is 3. The summed E-state index contributed by atoms with van der Waals surface area (Å²) in [6.07, 6.45) is 0. The number of esters is 1. The first kappa shape index (κ1) is 18.0. The molecule has 0 fully saturated rings. The largest absolute Gasteiger partial charge is 0.496 e. The number of methoxy groups -OCH3 is 2. The van der Waals surface area contributed by atoms with Crippen LogP contribution in [0.15, 0.2) is 42.5 Å². The van der Waals surface area contributed by atoms with E-state index in [1.165, 1.54) is 33.3 Å². The predicted octanol–water partition coefficient (Wildman–Crippen LogP) is 2.69. The van der Waals surface area contributed by atoms with Crippen LogP contribution < -0.4 is 15.4 Å². The molecule has 0 atom stereocenters. The standard InChI is InChI=1S/C18H18N2O5/c1-11(21)19-14-7-8-16(24-2)15(10-14)17(22)20-13-6-4-5-12(9-13)18(23)25-3/h4-10H,1-3H3,(H,19,21)(H,20,22). The van der Waals surface area contributed by atoms with Crippen LogP contribution in [0.2, 0.25) is 0 Å². The summed E-state index contributed by atoms with van der Waals surface area (Å²) in [5.41, 5.74) is 1.47. The number of carbonyl (C=O) groups is 3. The van der Waals surface area contributed by atoms with Gasteiger partial charge in [-0.05, 0) is 36.4 Å². The van der Waals surface area contributed by atoms with Crippen LogP contribution in [0.5, 0.6) is 5.75 Å². The lowest BCUT2D eigenvalue weighted by atomic mass is 10.1. The number of ether oxygens (including phenoxy) is 2. The van der Waals surface area contributed by atoms with E-state index >= 15 is 0 Å². The van der Waals surface area contributed by atoms with Gasteiger partial charge in [0.15, 0.2) is 0 Å². The average Bonchev–Trinajstić information content (AvgIpc) is 2.60. The van der Waals surface area contributed by atoms with Gasteiger partial charge in [0.1, 0.15) is 5.75 Å². The molecule has 0 saturated carbocycles. The minimum Gasteiger partial charge on any atom is -0.496 e. The zero-order valence-electron chi connectivity index (χ0n) is 14.1. The normalized spacial score (nSPS) is 9.88. The van der Waals surface area contributed by atoms with Crippen molar-refractivity contribution in [2.45, 2.75) is 6.92 Å². The summed E-state index contributed by atoms with van der Waals surface area (Å²) in [6, 6.07) is 11.1. The molecule has 0 spiro atoms. The van der Waals surface area contributed by atoms with Gasteiger partial charge in [0.25, 0.3) is 5.91 Å². The van der Waals surface area contributed by atoms with E-state index in [9.17, 15) is 14.4 Å². The van der Waals surface area contributed by atoms with Crippen LogP contribution in [0.4, 0.5) is 11.4 Å². The summed E-state index contributed by atoms with van der Waals surface area (Å²) in [5.74, 6) is -0.828. The van der Waals surface area contributed by atoms with Crippen molar-refractivity contribution in [2.75, 3.05) is 24.9 Å². The maximum absolute atomic E-state index is 12.6. The van der Waals surface area contributed by atoms with Crippen molar-refractivity contribution >= 4 is 29.2 Å². The van der Waals surface area contributed by atoms with Gasteiger partial charge < -0.3 is 20.1 Å². The van der Waals surface area contributed by atoms with Crippen LogP contribution in [0.1, 0.15) is 27.6 Å². The highest BCUT2D eigenvalue weighted by Gasteiger charge is 2.15. The van der Waals surface area contributed by atoms with Crippen molar-refractivity contribution in [3.63, 3.8) is 0 Å². The summed E-state index contributed by atoms with van der Waals surface area (Å²) in [5, 5.41) is 5.30. The molecular formula is C18H18N2O5. The molecule has 2 N–H and O–H groups in total. The number of amides is 2. The molecule has 0 radical (unpaired) electrons. The quantitative estimate of drug-likeness (QED) is 0.815. The van der Waals surface area contributed by atoms with E-state index in [0.29, 0.717) is 22.7 Å². The van der Waals surface area contributed by atoms with Crippen LogP contribution in [0, 0.1) is 0 Å². The van der Waals surface area contributed by atoms with Crippen LogP contribution in [-0.2, 0) is 9.53 Å². The lowest BCUT2D eigenvalue weighted by molar-refractivity contribution is -0.114. The SMILES string of the molecule is COC(=O)c1cccc(NC(=O)c2cc(NC(C)=O)ccc2OC)c1. The lowest BCUT2D eigenvalue weighted by Crippen LogP contribution is -2.15. The molecule has 0 unspecified atom stereocenters. The van der Waals surface area contributed by atoms with Gasteiger partial charge in [-0.3, -0.25) is 9.59 Å². The first-order valence-electron chi connectivity index (χ1n) is 7.40. The zero-order chi connectivity index (χ0) is 18.4. The van der Waals surface area contributed by atoms with Crippen molar-refractivity contribution in [3.05, 3.63) is 53.6 Å². The molecule has 2 rings (SSSR count). The van der Waals surface area contributed by atoms with Crippen LogP contribution in [0.25, 0.3) is 0 Å². The van der Waals surface area contributed by atoms with E-state index in [1.807, 2.05) is 0 Å². The summed E-state index contributed by atoms with van der Waals surface area (Å²) in [7, 11) is 2.73. The second-order valence-corrected chi connectivity index (χ2v) is 5.12. The van der Waals surface area contributed by atoms with Gasteiger partial charge in [0.2, 0.25) is 5.91 Å². The first-order valence-corrected chi connectivity index (χ1v) is 7.40. The Balaban J connectivity index is 2.28. The van der Waals surface area contributed by atoms with Gasteiger partial charge in [-0.15, -0.1) is 0 Å². The van der Waals surface area contributed by atoms with Crippen molar-refractivity contribution in [1.29, 1.82) is 0 Å². The number of benzene rings is 2. The smallest absolute Gasteiger partial charge is 0.337 e. The zero-order valence-corrected chi connectivity index (χ0v) is 14.1. The minimum absolute atomic E-state index is 0.247. The Morgan fingerprint density at radius 3 is 2.28 bits per heavy atom. The average molecular weight is 342 g/mol. The molecule has 0 aliphatic carbocycles. The third-order valence-electron chi connectivity index (χ3n) is 3.31. The number of hydrogen-bond acceptors (Lipinski definition) is 5. The molecule has 2 aromatic carbocycles. The molecule has 7 heteroatoms. The molecular weight excluding hydrogens is 324 g/mol. The number of hydrogen-bond donors (Lipinski definition) is 2. The fraction of sp³-hybridized carbons (Fsp3) is 0.167. The highest BCUT2D eigenvalue weighted by atomic mass is 16.5. The highest BCUT2D eigenvalue weighted by molar-refractivity contribution is 6.07. The molecule has 7 nitrogen and oxygen atoms in total. The third-order valence-corrected chi connectivity index (χ3v) is 3.31. The van der Waals surface area contributed by atoms with E-state index in [0.717, 1.165) is 0 Å². The van der Waals surface area contributed by atoms with Gasteiger partial charge in [-0.1, -0.05) is 6.07 Å². The maximum atomic E-state index is 12.6. The number of rotatable bonds is 5. The minimum atomic E-state index is -0.499. The molecule has 0 aliphatic heterocycles. The molecule has 0 saturated heterocycles. The fourth-order valence-corrected chi connectivity index (χ4v) is 2.21. The molecule has 0 aromatic heterocycles. The van der Waals surface area contributed by atoms with Crippen molar-refractivity contribution < 1.29 is 23.9 Å². The Bertz CT molecular complexity index is 817. The van der Waals surface area contributed by atoms with Gasteiger partial charge in [0, 0.05) is 18.3 Å². The molecule has 2 amide bonds. The van der Waals surface area contributed by atoms with Gasteiger partial charge in [-0.2, -0.15) is 0 Å². The lowest BCUT2D eigenvalue weighted by Gasteiger charge is -2.12. The van der Waals surface area contributed by atoms with E-state index in [2.05, 4.69) is 15.4 Å². The Hall–Kier alpha value is -3.35. The van der Waals surface area contributed by atoms with Crippen molar-refractivity contribution in [3.8, 4) is 5.75 Å². The van der Waals surface area contributed by atoms with Crippen molar-refractivity contribution in [1.82, 2.24) is 0 Å². The fourth-order valence-electron chi connectivity index (χ4n) is 2.21. The van der Waals surface area contributed by atoms with E-state index < -0.39 is 11.9 Å². The Labute approximate surface area is 144 Å². The summed E-state index contributed by atoms with van der Waals surface area (Å²) in [4.78, 5) is 35.3. The molecule has 130 valence electrons. The topological polar surface area (TPSA) is 93.7 Å². The Morgan fingerprint density at radius 1 is 0.920 bits per heavy atom. The summed E-state index contributed by atoms with van der Waals surface area (Å²) >= 11 is 0. The van der Waals surface area contributed by atoms with Crippen LogP contribution in [-0.4, -0.2) is 32.0 Å². The second-order valence-electron chi connectivity index (χ2n) is 5.12. The second kappa shape index (κ2) is 7.96. The van der Waals surface area contributed by atoms with Gasteiger partial charge >= 0.3 is 5.97 Å². The first-order chi connectivity index (χ1) is 11.9. The van der Waals surface area contributed by atoms with Gasteiger partial charge in [0.05, 0.1) is 25.3 Å². The maximum Gasteiger partial charge on any atom is 0.337 e. The monoisotopic (exact) mass is 342 g/mol. The molecule has 2 aromatic rings. The molecule has 0 heterocycles.